The summed E-state index contributed by atoms with van der Waals surface area (Å²) in [4.78, 5) is 0. The number of hydrogen-bond acceptors (Lipinski definition) is 9. The van der Waals surface area contributed by atoms with Gasteiger partial charge >= 0.3 is 0 Å². The van der Waals surface area contributed by atoms with E-state index < -0.39 is 42.8 Å². The molecule has 9 nitrogen and oxygen atoms in total. The Morgan fingerprint density at radius 2 is 1.80 bits per heavy atom. The number of ether oxygens (including phenoxy) is 3. The number of hydrogen-bond donors (Lipinski definition) is 6. The minimum atomic E-state index is -0.995. The number of halogens is 1. The molecule has 0 aromatic rings. The number of methoxy groups -OCH3 is 1. The summed E-state index contributed by atoms with van der Waals surface area (Å²) in [7, 11) is 3.14. The lowest BCUT2D eigenvalue weighted by Crippen LogP contribution is -2.71. The van der Waals surface area contributed by atoms with E-state index in [0.717, 1.165) is 6.42 Å². The van der Waals surface area contributed by atoms with Crippen molar-refractivity contribution in [1.29, 1.82) is 0 Å². The molecule has 2 fully saturated rings. The van der Waals surface area contributed by atoms with Gasteiger partial charge in [0.1, 0.15) is 12.2 Å². The molecule has 9 N–H and O–H groups in total. The van der Waals surface area contributed by atoms with Crippen LogP contribution in [0.2, 0.25) is 0 Å². The third-order valence-electron chi connectivity index (χ3n) is 5.10. The molecular weight excluding hydrogens is 352 g/mol. The van der Waals surface area contributed by atoms with Crippen LogP contribution in [0.3, 0.4) is 0 Å². The largest absolute Gasteiger partial charge is 0.389 e. The number of rotatable bonds is 5. The molecule has 0 unspecified atom stereocenters. The Bertz CT molecular complexity index is 408. The van der Waals surface area contributed by atoms with Gasteiger partial charge in [0, 0.05) is 13.2 Å². The fraction of sp³-hybridized carbons (Fsp3) is 1.00. The quantitative estimate of drug-likeness (QED) is 0.305. The van der Waals surface area contributed by atoms with E-state index in [9.17, 15) is 10.2 Å². The van der Waals surface area contributed by atoms with Crippen LogP contribution in [0, 0.1) is 0 Å². The van der Waals surface area contributed by atoms with E-state index in [1.54, 1.807) is 7.05 Å². The van der Waals surface area contributed by atoms with Crippen molar-refractivity contribution in [3.8, 4) is 0 Å². The molecule has 0 bridgehead atoms. The second kappa shape index (κ2) is 9.75. The van der Waals surface area contributed by atoms with E-state index in [-0.39, 0.29) is 30.6 Å². The molecule has 1 aliphatic heterocycles. The topological polar surface area (TPSA) is 158 Å². The molecule has 1 saturated heterocycles. The van der Waals surface area contributed by atoms with Crippen molar-refractivity contribution in [1.82, 2.24) is 5.32 Å². The van der Waals surface area contributed by atoms with Crippen molar-refractivity contribution in [3.63, 3.8) is 0 Å². The van der Waals surface area contributed by atoms with E-state index in [1.807, 2.05) is 6.92 Å². The fourth-order valence-corrected chi connectivity index (χ4v) is 3.55. The van der Waals surface area contributed by atoms with E-state index >= 15 is 0 Å². The van der Waals surface area contributed by atoms with Gasteiger partial charge in [0.25, 0.3) is 0 Å². The van der Waals surface area contributed by atoms with Gasteiger partial charge in [0.05, 0.1) is 36.4 Å². The van der Waals surface area contributed by atoms with Gasteiger partial charge in [0.2, 0.25) is 0 Å². The molecule has 0 aromatic carbocycles. The summed E-state index contributed by atoms with van der Waals surface area (Å²) < 4.78 is 17.0. The maximum absolute atomic E-state index is 10.6. The lowest BCUT2D eigenvalue weighted by atomic mass is 9.81. The highest BCUT2D eigenvalue weighted by molar-refractivity contribution is 5.85. The Kier molecular flexibility index (Phi) is 8.95. The molecule has 2 aliphatic rings. The average Bonchev–Trinajstić information content (AvgIpc) is 2.55. The zero-order valence-electron chi connectivity index (χ0n) is 14.9. The van der Waals surface area contributed by atoms with E-state index in [2.05, 4.69) is 5.32 Å². The van der Waals surface area contributed by atoms with Crippen molar-refractivity contribution in [2.45, 2.75) is 80.7 Å². The molecule has 150 valence electrons. The molecule has 0 spiro atoms. The molecule has 1 saturated carbocycles. The van der Waals surface area contributed by atoms with Crippen LogP contribution < -0.4 is 22.5 Å². The first kappa shape index (κ1) is 23.0. The van der Waals surface area contributed by atoms with Crippen molar-refractivity contribution >= 4 is 12.4 Å². The summed E-state index contributed by atoms with van der Waals surface area (Å²) in [5.41, 5.74) is 18.1. The summed E-state index contributed by atoms with van der Waals surface area (Å²) in [6.45, 7) is 1.86. The van der Waals surface area contributed by atoms with Crippen LogP contribution in [0.4, 0.5) is 0 Å². The van der Waals surface area contributed by atoms with Crippen LogP contribution >= 0.6 is 12.4 Å². The lowest BCUT2D eigenvalue weighted by Gasteiger charge is -2.47. The molecule has 2 rings (SSSR count). The van der Waals surface area contributed by atoms with Gasteiger partial charge in [-0.05, 0) is 26.8 Å². The predicted octanol–water partition coefficient (Wildman–Crippen LogP) is -2.36. The van der Waals surface area contributed by atoms with E-state index in [1.165, 1.54) is 7.11 Å². The van der Waals surface area contributed by atoms with Crippen molar-refractivity contribution in [3.05, 3.63) is 0 Å². The van der Waals surface area contributed by atoms with Gasteiger partial charge in [-0.3, -0.25) is 0 Å². The molecular formula is C15H33ClN4O5. The maximum atomic E-state index is 10.6. The number of nitrogens with one attached hydrogen (secondary N) is 1. The van der Waals surface area contributed by atoms with Gasteiger partial charge in [-0.25, -0.2) is 0 Å². The van der Waals surface area contributed by atoms with Crippen molar-refractivity contribution in [2.24, 2.45) is 17.2 Å². The average molecular weight is 385 g/mol. The Hall–Kier alpha value is -0.0700. The highest BCUT2D eigenvalue weighted by atomic mass is 35.5. The molecule has 25 heavy (non-hydrogen) atoms. The summed E-state index contributed by atoms with van der Waals surface area (Å²) in [6, 6.07) is -1.85. The SMILES string of the molecule is CN[C@H]1[C@H](O)[C@H](O[C@@H]2O[C@H]([C@H](C)N)CC[C@H]2N)[C@@H](N)[C@H](O)[C@H]1OC.Cl. The van der Waals surface area contributed by atoms with Gasteiger partial charge in [0.15, 0.2) is 6.29 Å². The minimum absolute atomic E-state index is 0. The Labute approximate surface area is 154 Å². The molecule has 0 amide bonds. The summed E-state index contributed by atoms with van der Waals surface area (Å²) in [5.74, 6) is 0. The first-order valence-corrected chi connectivity index (χ1v) is 8.45. The Balaban J connectivity index is 0.00000312. The molecule has 10 heteroatoms. The normalized spacial score (nSPS) is 46.3. The molecule has 1 heterocycles. The van der Waals surface area contributed by atoms with Gasteiger partial charge < -0.3 is 46.9 Å². The Morgan fingerprint density at radius 3 is 2.32 bits per heavy atom. The zero-order valence-corrected chi connectivity index (χ0v) is 15.8. The second-order valence-corrected chi connectivity index (χ2v) is 6.82. The highest BCUT2D eigenvalue weighted by Gasteiger charge is 2.50. The third kappa shape index (κ3) is 4.81. The number of aliphatic hydroxyl groups excluding tert-OH is 2. The lowest BCUT2D eigenvalue weighted by molar-refractivity contribution is -0.262. The van der Waals surface area contributed by atoms with Crippen LogP contribution in [-0.4, -0.2) is 85.3 Å². The fourth-order valence-electron chi connectivity index (χ4n) is 3.55. The molecule has 0 aromatic heterocycles. The number of nitrogens with two attached hydrogens (primary N) is 3. The van der Waals surface area contributed by atoms with Crippen LogP contribution in [0.15, 0.2) is 0 Å². The smallest absolute Gasteiger partial charge is 0.173 e. The predicted molar refractivity (Wildman–Crippen MR) is 95.3 cm³/mol. The van der Waals surface area contributed by atoms with Crippen LogP contribution in [0.25, 0.3) is 0 Å². The van der Waals surface area contributed by atoms with Gasteiger partial charge in [-0.1, -0.05) is 0 Å². The first-order chi connectivity index (χ1) is 11.3. The van der Waals surface area contributed by atoms with Gasteiger partial charge in [-0.15, -0.1) is 12.4 Å². The van der Waals surface area contributed by atoms with E-state index in [4.69, 9.17) is 31.4 Å². The zero-order chi connectivity index (χ0) is 18.0. The molecule has 1 aliphatic carbocycles. The van der Waals surface area contributed by atoms with Crippen LogP contribution in [-0.2, 0) is 14.2 Å². The van der Waals surface area contributed by atoms with Crippen molar-refractivity contribution < 1.29 is 24.4 Å². The van der Waals surface area contributed by atoms with Crippen LogP contribution in [0.5, 0.6) is 0 Å². The third-order valence-corrected chi connectivity index (χ3v) is 5.10. The number of likely N-dealkylation sites (N-methyl/N-ethyl adjacent to an activating group) is 1. The van der Waals surface area contributed by atoms with Crippen LogP contribution in [0.1, 0.15) is 19.8 Å². The first-order valence-electron chi connectivity index (χ1n) is 8.45. The highest BCUT2D eigenvalue weighted by Crippen LogP contribution is 2.28. The standard InChI is InChI=1S/C15H32N4O5.ClH/c1-6(16)8-5-4-7(17)15(23-8)24-13-9(18)11(20)14(22-3)10(19-2)12(13)21;/h6-15,19-21H,4-5,16-18H2,1-3H3;1H/t6-,7+,8-,9-,10-,11-,12-,13+,14-,15-;/m0./s1. The maximum Gasteiger partial charge on any atom is 0.173 e. The Morgan fingerprint density at radius 1 is 1.16 bits per heavy atom. The van der Waals surface area contributed by atoms with E-state index in [0.29, 0.717) is 6.42 Å². The molecule has 0 radical (unpaired) electrons. The minimum Gasteiger partial charge on any atom is -0.389 e. The molecule has 10 atom stereocenters. The summed E-state index contributed by atoms with van der Waals surface area (Å²) in [5, 5.41) is 24.0. The van der Waals surface area contributed by atoms with Crippen molar-refractivity contribution in [2.75, 3.05) is 14.2 Å². The monoisotopic (exact) mass is 384 g/mol. The van der Waals surface area contributed by atoms with Gasteiger partial charge in [-0.2, -0.15) is 0 Å². The second-order valence-electron chi connectivity index (χ2n) is 6.82. The number of aliphatic hydroxyl groups is 2. The summed E-state index contributed by atoms with van der Waals surface area (Å²) in [6.07, 6.45) is -2.90. The summed E-state index contributed by atoms with van der Waals surface area (Å²) >= 11 is 0.